The van der Waals surface area contributed by atoms with Gasteiger partial charge in [-0.3, -0.25) is 4.79 Å². The first-order chi connectivity index (χ1) is 12.1. The number of fused-ring (bicyclic) bond motifs is 1. The van der Waals surface area contributed by atoms with Gasteiger partial charge in [-0.25, -0.2) is 8.78 Å². The first kappa shape index (κ1) is 15.7. The maximum Gasteiger partial charge on any atom is 0.254 e. The molecule has 0 N–H and O–H groups in total. The monoisotopic (exact) mass is 346 g/mol. The molecule has 1 amide bonds. The molecule has 0 bridgehead atoms. The summed E-state index contributed by atoms with van der Waals surface area (Å²) in [6.07, 6.45) is 0. The first-order valence-electron chi connectivity index (χ1n) is 8.01. The molecule has 25 heavy (non-hydrogen) atoms. The fourth-order valence-corrected chi connectivity index (χ4v) is 3.06. The molecule has 0 atom stereocenters. The highest BCUT2D eigenvalue weighted by Crippen LogP contribution is 2.33. The van der Waals surface area contributed by atoms with E-state index in [0.717, 1.165) is 6.07 Å². The third-order valence-electron chi connectivity index (χ3n) is 4.45. The molecule has 2 heterocycles. The Bertz CT molecular complexity index is 820. The van der Waals surface area contributed by atoms with E-state index in [0.29, 0.717) is 48.9 Å². The van der Waals surface area contributed by atoms with Crippen LogP contribution >= 0.6 is 0 Å². The Hall–Kier alpha value is -2.83. The van der Waals surface area contributed by atoms with Crippen LogP contribution in [0.25, 0.3) is 0 Å². The molecule has 0 unspecified atom stereocenters. The maximum atomic E-state index is 13.4. The molecule has 1 fully saturated rings. The van der Waals surface area contributed by atoms with Gasteiger partial charge in [-0.2, -0.15) is 0 Å². The maximum absolute atomic E-state index is 13.4. The molecule has 0 radical (unpaired) electrons. The number of ether oxygens (including phenoxy) is 2. The Morgan fingerprint density at radius 3 is 2.40 bits per heavy atom. The first-order valence-corrected chi connectivity index (χ1v) is 8.01. The van der Waals surface area contributed by atoms with Crippen LogP contribution in [0.2, 0.25) is 0 Å². The predicted molar refractivity (Wildman–Crippen MR) is 87.0 cm³/mol. The molecule has 4 rings (SSSR count). The van der Waals surface area contributed by atoms with Gasteiger partial charge in [-0.15, -0.1) is 0 Å². The van der Waals surface area contributed by atoms with Crippen molar-refractivity contribution in [3.05, 3.63) is 53.6 Å². The Morgan fingerprint density at radius 1 is 0.880 bits per heavy atom. The molecule has 130 valence electrons. The molecule has 0 aromatic heterocycles. The largest absolute Gasteiger partial charge is 0.454 e. The van der Waals surface area contributed by atoms with Crippen LogP contribution in [0.5, 0.6) is 11.5 Å². The van der Waals surface area contributed by atoms with Crippen molar-refractivity contribution in [2.75, 3.05) is 37.9 Å². The quantitative estimate of drug-likeness (QED) is 0.838. The Morgan fingerprint density at radius 2 is 1.64 bits per heavy atom. The Labute approximate surface area is 143 Å². The van der Waals surface area contributed by atoms with Gasteiger partial charge < -0.3 is 19.3 Å². The van der Waals surface area contributed by atoms with Gasteiger partial charge in [0, 0.05) is 43.5 Å². The van der Waals surface area contributed by atoms with Crippen LogP contribution in [0.3, 0.4) is 0 Å². The number of rotatable bonds is 2. The van der Waals surface area contributed by atoms with E-state index in [9.17, 15) is 13.6 Å². The lowest BCUT2D eigenvalue weighted by Crippen LogP contribution is -2.48. The molecule has 5 nitrogen and oxygen atoms in total. The number of hydrogen-bond donors (Lipinski definition) is 0. The molecule has 0 aliphatic carbocycles. The van der Waals surface area contributed by atoms with Crippen molar-refractivity contribution in [2.45, 2.75) is 0 Å². The lowest BCUT2D eigenvalue weighted by atomic mass is 10.1. The zero-order valence-electron chi connectivity index (χ0n) is 13.4. The fourth-order valence-electron chi connectivity index (χ4n) is 3.06. The predicted octanol–water partition coefficient (Wildman–Crippen LogP) is 2.66. The normalized spacial score (nSPS) is 16.2. The number of amides is 1. The van der Waals surface area contributed by atoms with Crippen LogP contribution in [0.1, 0.15) is 10.4 Å². The van der Waals surface area contributed by atoms with Crippen LogP contribution < -0.4 is 14.4 Å². The summed E-state index contributed by atoms with van der Waals surface area (Å²) in [6, 6.07) is 8.99. The average molecular weight is 346 g/mol. The zero-order valence-corrected chi connectivity index (χ0v) is 13.4. The number of nitrogens with zero attached hydrogens (tertiary/aromatic N) is 2. The van der Waals surface area contributed by atoms with Gasteiger partial charge in [0.2, 0.25) is 6.79 Å². The van der Waals surface area contributed by atoms with E-state index in [1.54, 1.807) is 29.2 Å². The lowest BCUT2D eigenvalue weighted by Gasteiger charge is -2.36. The minimum atomic E-state index is -0.864. The van der Waals surface area contributed by atoms with Crippen molar-refractivity contribution in [2.24, 2.45) is 0 Å². The zero-order chi connectivity index (χ0) is 17.4. The second kappa shape index (κ2) is 6.23. The van der Waals surface area contributed by atoms with E-state index >= 15 is 0 Å². The van der Waals surface area contributed by atoms with Crippen LogP contribution in [0.4, 0.5) is 14.5 Å². The molecule has 2 aromatic rings. The number of halogens is 2. The SMILES string of the molecule is O=C(c1ccc2c(c1)OCO2)N1CCN(c2ccc(F)c(F)c2)CC1. The summed E-state index contributed by atoms with van der Waals surface area (Å²) in [5, 5.41) is 0. The van der Waals surface area contributed by atoms with Crippen molar-refractivity contribution in [1.82, 2.24) is 4.90 Å². The second-order valence-corrected chi connectivity index (χ2v) is 5.95. The summed E-state index contributed by atoms with van der Waals surface area (Å²) in [5.41, 5.74) is 1.17. The Balaban J connectivity index is 1.43. The molecule has 2 aliphatic heterocycles. The fraction of sp³-hybridized carbons (Fsp3) is 0.278. The van der Waals surface area contributed by atoms with Crippen molar-refractivity contribution < 1.29 is 23.0 Å². The van der Waals surface area contributed by atoms with Crippen molar-refractivity contribution in [1.29, 1.82) is 0 Å². The van der Waals surface area contributed by atoms with E-state index in [4.69, 9.17) is 9.47 Å². The van der Waals surface area contributed by atoms with E-state index in [1.165, 1.54) is 6.07 Å². The van der Waals surface area contributed by atoms with E-state index < -0.39 is 11.6 Å². The van der Waals surface area contributed by atoms with Crippen molar-refractivity contribution in [3.63, 3.8) is 0 Å². The number of piperazine rings is 1. The summed E-state index contributed by atoms with van der Waals surface area (Å²) >= 11 is 0. The smallest absolute Gasteiger partial charge is 0.254 e. The van der Waals surface area contributed by atoms with Gasteiger partial charge in [0.1, 0.15) is 0 Å². The Kier molecular flexibility index (Phi) is 3.91. The van der Waals surface area contributed by atoms with E-state index in [-0.39, 0.29) is 12.7 Å². The highest BCUT2D eigenvalue weighted by atomic mass is 19.2. The van der Waals surface area contributed by atoms with Gasteiger partial charge in [0.05, 0.1) is 0 Å². The highest BCUT2D eigenvalue weighted by Gasteiger charge is 2.24. The molecule has 7 heteroatoms. The van der Waals surface area contributed by atoms with Crippen LogP contribution in [-0.4, -0.2) is 43.8 Å². The van der Waals surface area contributed by atoms with Crippen molar-refractivity contribution in [3.8, 4) is 11.5 Å². The third kappa shape index (κ3) is 2.97. The molecule has 2 aromatic carbocycles. The number of benzene rings is 2. The van der Waals surface area contributed by atoms with Crippen molar-refractivity contribution >= 4 is 11.6 Å². The molecule has 1 saturated heterocycles. The average Bonchev–Trinajstić information content (AvgIpc) is 3.11. The van der Waals surface area contributed by atoms with Gasteiger partial charge in [0.25, 0.3) is 5.91 Å². The molecule has 0 spiro atoms. The molecule has 0 saturated carbocycles. The van der Waals surface area contributed by atoms with Gasteiger partial charge in [-0.05, 0) is 30.3 Å². The highest BCUT2D eigenvalue weighted by molar-refractivity contribution is 5.95. The van der Waals surface area contributed by atoms with Crippen LogP contribution in [-0.2, 0) is 0 Å². The molecular formula is C18H16F2N2O3. The minimum absolute atomic E-state index is 0.0803. The second-order valence-electron chi connectivity index (χ2n) is 5.95. The summed E-state index contributed by atoms with van der Waals surface area (Å²) in [4.78, 5) is 16.3. The van der Waals surface area contributed by atoms with Crippen LogP contribution in [0.15, 0.2) is 36.4 Å². The van der Waals surface area contributed by atoms with E-state index in [1.807, 2.05) is 4.90 Å². The number of hydrogen-bond acceptors (Lipinski definition) is 4. The van der Waals surface area contributed by atoms with Gasteiger partial charge in [-0.1, -0.05) is 0 Å². The summed E-state index contributed by atoms with van der Waals surface area (Å²) < 4.78 is 37.0. The minimum Gasteiger partial charge on any atom is -0.454 e. The summed E-state index contributed by atoms with van der Waals surface area (Å²) in [6.45, 7) is 2.29. The molecular weight excluding hydrogens is 330 g/mol. The molecule has 2 aliphatic rings. The number of carbonyl (C=O) groups excluding carboxylic acids is 1. The van der Waals surface area contributed by atoms with Gasteiger partial charge >= 0.3 is 0 Å². The third-order valence-corrected chi connectivity index (χ3v) is 4.45. The van der Waals surface area contributed by atoms with Crippen LogP contribution in [0, 0.1) is 11.6 Å². The standard InChI is InChI=1S/C18H16F2N2O3/c19-14-3-2-13(10-15(14)20)21-5-7-22(8-6-21)18(23)12-1-4-16-17(9-12)25-11-24-16/h1-4,9-10H,5-8,11H2. The summed E-state index contributed by atoms with van der Waals surface area (Å²) in [5.74, 6) is -0.592. The van der Waals surface area contributed by atoms with E-state index in [2.05, 4.69) is 0 Å². The lowest BCUT2D eigenvalue weighted by molar-refractivity contribution is 0.0746. The number of anilines is 1. The van der Waals surface area contributed by atoms with Gasteiger partial charge in [0.15, 0.2) is 23.1 Å². The summed E-state index contributed by atoms with van der Waals surface area (Å²) in [7, 11) is 0. The topological polar surface area (TPSA) is 42.0 Å². The number of carbonyl (C=O) groups is 1.